The first-order valence-electron chi connectivity index (χ1n) is 5.95. The van der Waals surface area contributed by atoms with E-state index in [0.29, 0.717) is 12.1 Å². The lowest BCUT2D eigenvalue weighted by molar-refractivity contribution is 0.616. The molecule has 0 radical (unpaired) electrons. The van der Waals surface area contributed by atoms with Crippen LogP contribution in [-0.4, -0.2) is 12.0 Å². The number of aryl methyl sites for hydroxylation is 2. The predicted octanol–water partition coefficient (Wildman–Crippen LogP) is 3.47. The van der Waals surface area contributed by atoms with Gasteiger partial charge in [0.25, 0.3) is 0 Å². The Bertz CT molecular complexity index is 552. The van der Waals surface area contributed by atoms with Crippen molar-refractivity contribution in [2.24, 2.45) is 0 Å². The van der Waals surface area contributed by atoms with Crippen LogP contribution in [0.1, 0.15) is 16.8 Å². The van der Waals surface area contributed by atoms with Crippen LogP contribution < -0.4 is 4.90 Å². The summed E-state index contributed by atoms with van der Waals surface area (Å²) in [7, 11) is 1.99. The van der Waals surface area contributed by atoms with Crippen LogP contribution in [0.4, 0.5) is 10.1 Å². The van der Waals surface area contributed by atoms with Crippen LogP contribution in [0.15, 0.2) is 36.5 Å². The number of hydrogen-bond donors (Lipinski definition) is 0. The van der Waals surface area contributed by atoms with Gasteiger partial charge in [0.1, 0.15) is 5.82 Å². The van der Waals surface area contributed by atoms with Crippen LogP contribution in [0.5, 0.6) is 0 Å². The normalized spacial score (nSPS) is 10.4. The summed E-state index contributed by atoms with van der Waals surface area (Å²) >= 11 is 0. The molecule has 0 aliphatic heterocycles. The molecule has 1 aromatic carbocycles. The van der Waals surface area contributed by atoms with Crippen LogP contribution in [0.25, 0.3) is 0 Å². The molecule has 2 aromatic rings. The lowest BCUT2D eigenvalue weighted by atomic mass is 10.1. The Morgan fingerprint density at radius 2 is 1.94 bits per heavy atom. The molecule has 3 heteroatoms. The second kappa shape index (κ2) is 5.17. The Hall–Kier alpha value is -1.90. The lowest BCUT2D eigenvalue weighted by Gasteiger charge is -2.19. The van der Waals surface area contributed by atoms with Crippen molar-refractivity contribution in [3.8, 4) is 0 Å². The van der Waals surface area contributed by atoms with Gasteiger partial charge in [-0.3, -0.25) is 4.98 Å². The molecule has 2 nitrogen and oxygen atoms in total. The summed E-state index contributed by atoms with van der Waals surface area (Å²) < 4.78 is 13.5. The molecular weight excluding hydrogens is 227 g/mol. The molecule has 1 heterocycles. The van der Waals surface area contributed by atoms with Crippen molar-refractivity contribution >= 4 is 5.69 Å². The number of nitrogens with zero attached hydrogens (tertiary/aromatic N) is 2. The highest BCUT2D eigenvalue weighted by Gasteiger charge is 2.04. The smallest absolute Gasteiger partial charge is 0.126 e. The number of aromatic nitrogens is 1. The molecule has 0 atom stereocenters. The summed E-state index contributed by atoms with van der Waals surface area (Å²) in [5.41, 5.74) is 3.72. The predicted molar refractivity (Wildman–Crippen MR) is 72.2 cm³/mol. The van der Waals surface area contributed by atoms with E-state index >= 15 is 0 Å². The second-order valence-electron chi connectivity index (χ2n) is 4.60. The Kier molecular flexibility index (Phi) is 3.60. The van der Waals surface area contributed by atoms with Gasteiger partial charge in [-0.05, 0) is 43.2 Å². The van der Waals surface area contributed by atoms with Gasteiger partial charge in [-0.15, -0.1) is 0 Å². The van der Waals surface area contributed by atoms with Crippen LogP contribution in [0.3, 0.4) is 0 Å². The minimum atomic E-state index is -0.146. The Labute approximate surface area is 107 Å². The van der Waals surface area contributed by atoms with Gasteiger partial charge in [-0.25, -0.2) is 4.39 Å². The zero-order valence-corrected chi connectivity index (χ0v) is 10.9. The third-order valence-electron chi connectivity index (χ3n) is 2.98. The van der Waals surface area contributed by atoms with E-state index in [0.717, 1.165) is 16.9 Å². The van der Waals surface area contributed by atoms with E-state index in [2.05, 4.69) is 9.88 Å². The average Bonchev–Trinajstić information content (AvgIpc) is 2.34. The van der Waals surface area contributed by atoms with Crippen LogP contribution in [0.2, 0.25) is 0 Å². The van der Waals surface area contributed by atoms with Crippen molar-refractivity contribution in [2.75, 3.05) is 11.9 Å². The topological polar surface area (TPSA) is 16.1 Å². The number of anilines is 1. The Morgan fingerprint density at radius 1 is 1.17 bits per heavy atom. The standard InChI is InChI=1S/C15H17FN2/c1-11-4-5-13(9-15(11)16)10-18(3)14-6-7-17-12(2)8-14/h4-9H,10H2,1-3H3. The van der Waals surface area contributed by atoms with Gasteiger partial charge in [0.15, 0.2) is 0 Å². The fraction of sp³-hybridized carbons (Fsp3) is 0.267. The van der Waals surface area contributed by atoms with Crippen molar-refractivity contribution in [2.45, 2.75) is 20.4 Å². The van der Waals surface area contributed by atoms with E-state index in [-0.39, 0.29) is 5.82 Å². The third-order valence-corrected chi connectivity index (χ3v) is 2.98. The van der Waals surface area contributed by atoms with Crippen molar-refractivity contribution in [1.82, 2.24) is 4.98 Å². The molecule has 0 unspecified atom stereocenters. The summed E-state index contributed by atoms with van der Waals surface area (Å²) in [5, 5.41) is 0. The zero-order valence-electron chi connectivity index (χ0n) is 10.9. The van der Waals surface area contributed by atoms with Gasteiger partial charge in [0, 0.05) is 31.2 Å². The first-order valence-corrected chi connectivity index (χ1v) is 5.95. The molecule has 0 saturated carbocycles. The summed E-state index contributed by atoms with van der Waals surface area (Å²) in [5.74, 6) is -0.146. The lowest BCUT2D eigenvalue weighted by Crippen LogP contribution is -2.16. The number of benzene rings is 1. The molecule has 0 bridgehead atoms. The molecular formula is C15H17FN2. The molecule has 0 saturated heterocycles. The van der Waals surface area contributed by atoms with Gasteiger partial charge in [-0.2, -0.15) is 0 Å². The van der Waals surface area contributed by atoms with E-state index in [1.54, 1.807) is 19.2 Å². The van der Waals surface area contributed by atoms with E-state index in [1.807, 2.05) is 38.2 Å². The largest absolute Gasteiger partial charge is 0.370 e. The molecule has 0 aliphatic rings. The molecule has 0 amide bonds. The Balaban J connectivity index is 2.16. The number of pyridine rings is 1. The van der Waals surface area contributed by atoms with Crippen LogP contribution in [0, 0.1) is 19.7 Å². The summed E-state index contributed by atoms with van der Waals surface area (Å²) in [6, 6.07) is 9.35. The molecule has 2 rings (SSSR count). The van der Waals surface area contributed by atoms with E-state index in [4.69, 9.17) is 0 Å². The quantitative estimate of drug-likeness (QED) is 0.821. The van der Waals surface area contributed by atoms with E-state index in [1.165, 1.54) is 0 Å². The molecule has 0 aliphatic carbocycles. The maximum absolute atomic E-state index is 13.5. The molecule has 1 aromatic heterocycles. The van der Waals surface area contributed by atoms with Crippen molar-refractivity contribution < 1.29 is 4.39 Å². The number of hydrogen-bond acceptors (Lipinski definition) is 2. The minimum Gasteiger partial charge on any atom is -0.370 e. The van der Waals surface area contributed by atoms with Crippen LogP contribution >= 0.6 is 0 Å². The highest BCUT2D eigenvalue weighted by Crippen LogP contribution is 2.17. The zero-order chi connectivity index (χ0) is 13.1. The SMILES string of the molecule is Cc1cc(N(C)Cc2ccc(C)c(F)c2)ccn1. The van der Waals surface area contributed by atoms with Gasteiger partial charge in [0.2, 0.25) is 0 Å². The minimum absolute atomic E-state index is 0.146. The van der Waals surface area contributed by atoms with E-state index < -0.39 is 0 Å². The maximum atomic E-state index is 13.5. The highest BCUT2D eigenvalue weighted by molar-refractivity contribution is 5.46. The van der Waals surface area contributed by atoms with Crippen molar-refractivity contribution in [3.63, 3.8) is 0 Å². The fourth-order valence-corrected chi connectivity index (χ4v) is 1.87. The Morgan fingerprint density at radius 3 is 2.61 bits per heavy atom. The maximum Gasteiger partial charge on any atom is 0.126 e. The summed E-state index contributed by atoms with van der Waals surface area (Å²) in [6.07, 6.45) is 1.79. The van der Waals surface area contributed by atoms with Gasteiger partial charge in [-0.1, -0.05) is 12.1 Å². The molecule has 0 fully saturated rings. The second-order valence-corrected chi connectivity index (χ2v) is 4.60. The van der Waals surface area contributed by atoms with Crippen molar-refractivity contribution in [3.05, 3.63) is 59.2 Å². The van der Waals surface area contributed by atoms with Gasteiger partial charge in [0.05, 0.1) is 0 Å². The monoisotopic (exact) mass is 244 g/mol. The van der Waals surface area contributed by atoms with E-state index in [9.17, 15) is 4.39 Å². The van der Waals surface area contributed by atoms with Gasteiger partial charge >= 0.3 is 0 Å². The number of rotatable bonds is 3. The fourth-order valence-electron chi connectivity index (χ4n) is 1.87. The van der Waals surface area contributed by atoms with Gasteiger partial charge < -0.3 is 4.90 Å². The molecule has 18 heavy (non-hydrogen) atoms. The first kappa shape index (κ1) is 12.6. The van der Waals surface area contributed by atoms with Crippen molar-refractivity contribution in [1.29, 1.82) is 0 Å². The summed E-state index contributed by atoms with van der Waals surface area (Å²) in [4.78, 5) is 6.25. The highest BCUT2D eigenvalue weighted by atomic mass is 19.1. The number of halogens is 1. The van der Waals surface area contributed by atoms with Crippen LogP contribution in [-0.2, 0) is 6.54 Å². The summed E-state index contributed by atoms with van der Waals surface area (Å²) in [6.45, 7) is 4.42. The molecule has 94 valence electrons. The molecule has 0 N–H and O–H groups in total. The molecule has 0 spiro atoms. The first-order chi connectivity index (χ1) is 8.56. The average molecular weight is 244 g/mol. The third kappa shape index (κ3) is 2.86.